The lowest BCUT2D eigenvalue weighted by atomic mass is 9.69. The maximum absolute atomic E-state index is 12.3. The molecule has 0 saturated carbocycles. The number of carbonyl (C=O) groups is 3. The lowest BCUT2D eigenvalue weighted by Gasteiger charge is -2.43. The number of para-hydroxylation sites is 1. The van der Waals surface area contributed by atoms with Gasteiger partial charge in [0, 0.05) is 28.0 Å². The Morgan fingerprint density at radius 3 is 1.23 bits per heavy atom. The molecule has 1 aromatic heterocycles. The lowest BCUT2D eigenvalue weighted by Crippen LogP contribution is -2.44. The molecular weight excluding hydrogens is 1010 g/mol. The molecule has 0 amide bonds. The van der Waals surface area contributed by atoms with E-state index in [1.54, 1.807) is 32.9 Å². The predicted molar refractivity (Wildman–Crippen MR) is 325 cm³/mol. The van der Waals surface area contributed by atoms with Gasteiger partial charge in [0.1, 0.15) is 28.1 Å². The number of aryl methyl sites for hydroxylation is 2. The van der Waals surface area contributed by atoms with Gasteiger partial charge in [-0.25, -0.2) is 0 Å². The largest absolute Gasteiger partial charge is 0.458 e. The molecule has 7 aromatic carbocycles. The highest BCUT2D eigenvalue weighted by Crippen LogP contribution is 2.47. The van der Waals surface area contributed by atoms with E-state index in [2.05, 4.69) is 86.1 Å². The first-order valence-corrected chi connectivity index (χ1v) is 28.9. The zero-order valence-electron chi connectivity index (χ0n) is 48.6. The summed E-state index contributed by atoms with van der Waals surface area (Å²) in [5.41, 5.74) is 6.17. The molecule has 422 valence electrons. The first-order valence-electron chi connectivity index (χ1n) is 28.9. The van der Waals surface area contributed by atoms with Crippen molar-refractivity contribution in [3.8, 4) is 0 Å². The monoisotopic (exact) mass is 1090 g/mol. The summed E-state index contributed by atoms with van der Waals surface area (Å²) in [6, 6.07) is 52.8. The van der Waals surface area contributed by atoms with Crippen LogP contribution >= 0.6 is 0 Å². The van der Waals surface area contributed by atoms with Crippen LogP contribution in [-0.4, -0.2) is 108 Å². The molecule has 4 heterocycles. The maximum Gasteiger partial charge on any atom is 0.159 e. The minimum atomic E-state index is -1.21. The molecule has 8 aromatic rings. The number of carbonyl (C=O) groups excluding carboxylic acids is 3. The Kier molecular flexibility index (Phi) is 18.2. The molecule has 3 saturated heterocycles. The van der Waals surface area contributed by atoms with Crippen LogP contribution < -0.4 is 0 Å². The predicted octanol–water partition coefficient (Wildman–Crippen LogP) is 12.9. The minimum Gasteiger partial charge on any atom is -0.458 e. The van der Waals surface area contributed by atoms with Crippen LogP contribution in [0.1, 0.15) is 135 Å². The maximum atomic E-state index is 12.3. The van der Waals surface area contributed by atoms with Gasteiger partial charge in [-0.2, -0.15) is 0 Å². The number of rotatable bonds is 12. The van der Waals surface area contributed by atoms with Crippen molar-refractivity contribution in [2.75, 3.05) is 60.4 Å². The van der Waals surface area contributed by atoms with Crippen molar-refractivity contribution in [1.82, 2.24) is 14.7 Å². The number of fused-ring (bicyclic) bond motifs is 2. The van der Waals surface area contributed by atoms with Gasteiger partial charge < -0.3 is 34.4 Å². The summed E-state index contributed by atoms with van der Waals surface area (Å²) < 4.78 is 6.11. The van der Waals surface area contributed by atoms with Gasteiger partial charge in [0.25, 0.3) is 0 Å². The van der Waals surface area contributed by atoms with Crippen LogP contribution in [0.3, 0.4) is 0 Å². The van der Waals surface area contributed by atoms with E-state index in [0.717, 1.165) is 138 Å². The smallest absolute Gasteiger partial charge is 0.159 e. The Bertz CT molecular complexity index is 3400. The molecule has 3 fully saturated rings. The highest BCUT2D eigenvalue weighted by molar-refractivity contribution is 5.95. The van der Waals surface area contributed by atoms with Gasteiger partial charge in [0.15, 0.2) is 17.3 Å². The number of furan rings is 1. The van der Waals surface area contributed by atoms with E-state index in [0.29, 0.717) is 22.5 Å². The number of Topliss-reactive ketones (excluding diaryl/α,β-unsaturated/α-hetero) is 3. The molecule has 11 rings (SSSR count). The van der Waals surface area contributed by atoms with Crippen LogP contribution in [0.4, 0.5) is 0 Å². The van der Waals surface area contributed by atoms with Crippen molar-refractivity contribution < 1.29 is 34.1 Å². The zero-order chi connectivity index (χ0) is 57.6. The molecule has 81 heavy (non-hydrogen) atoms. The Morgan fingerprint density at radius 2 is 0.790 bits per heavy atom. The normalized spacial score (nSPS) is 18.4. The number of piperidine rings is 3. The van der Waals surface area contributed by atoms with Gasteiger partial charge in [-0.1, -0.05) is 152 Å². The van der Waals surface area contributed by atoms with Crippen molar-refractivity contribution in [2.45, 2.75) is 89.9 Å². The fourth-order valence-electron chi connectivity index (χ4n) is 13.1. The van der Waals surface area contributed by atoms with Crippen LogP contribution in [0, 0.1) is 31.6 Å². The molecule has 0 radical (unpaired) electrons. The molecule has 10 heteroatoms. The molecule has 0 spiro atoms. The topological polar surface area (TPSA) is 135 Å². The molecule has 3 unspecified atom stereocenters. The lowest BCUT2D eigenvalue weighted by molar-refractivity contribution is -0.0262. The summed E-state index contributed by atoms with van der Waals surface area (Å²) in [4.78, 5) is 41.9. The first-order chi connectivity index (χ1) is 38.8. The van der Waals surface area contributed by atoms with Crippen LogP contribution in [0.25, 0.3) is 21.7 Å². The van der Waals surface area contributed by atoms with Gasteiger partial charge in [-0.15, -0.1) is 0 Å². The number of likely N-dealkylation sites (tertiary alicyclic amines) is 3. The van der Waals surface area contributed by atoms with Crippen molar-refractivity contribution in [1.29, 1.82) is 0 Å². The van der Waals surface area contributed by atoms with Crippen molar-refractivity contribution >= 4 is 39.1 Å². The Hall–Kier alpha value is -6.89. The number of ketones is 3. The van der Waals surface area contributed by atoms with E-state index < -0.39 is 16.8 Å². The summed E-state index contributed by atoms with van der Waals surface area (Å²) in [5, 5.41) is 39.6. The second-order valence-electron chi connectivity index (χ2n) is 23.4. The number of aliphatic hydroxyl groups is 3. The number of nitrogens with zero attached hydrogens (tertiary/aromatic N) is 3. The second kappa shape index (κ2) is 25.1. The molecular formula is C71H81N3O7. The van der Waals surface area contributed by atoms with Gasteiger partial charge in [-0.3, -0.25) is 14.4 Å². The van der Waals surface area contributed by atoms with E-state index >= 15 is 0 Å². The third-order valence-corrected chi connectivity index (χ3v) is 18.0. The van der Waals surface area contributed by atoms with E-state index in [1.807, 2.05) is 115 Å². The van der Waals surface area contributed by atoms with E-state index in [4.69, 9.17) is 4.42 Å². The average Bonchev–Trinajstić information content (AvgIpc) is 4.09. The first kappa shape index (κ1) is 58.8. The molecule has 0 aliphatic carbocycles. The zero-order valence-corrected chi connectivity index (χ0v) is 48.6. The highest BCUT2D eigenvalue weighted by Gasteiger charge is 2.46. The van der Waals surface area contributed by atoms with Crippen LogP contribution in [-0.2, 0) is 16.8 Å². The summed E-state index contributed by atoms with van der Waals surface area (Å²) in [7, 11) is 6.38. The molecule has 10 nitrogen and oxygen atoms in total. The summed E-state index contributed by atoms with van der Waals surface area (Å²) in [6.45, 7) is 14.7. The summed E-state index contributed by atoms with van der Waals surface area (Å²) in [5.74, 6) is 1.02. The fraction of sp³-hybridized carbons (Fsp3) is 0.366. The van der Waals surface area contributed by atoms with E-state index in [-0.39, 0.29) is 35.1 Å². The highest BCUT2D eigenvalue weighted by atomic mass is 16.4. The van der Waals surface area contributed by atoms with Crippen molar-refractivity contribution in [3.63, 3.8) is 0 Å². The van der Waals surface area contributed by atoms with E-state index in [9.17, 15) is 29.7 Å². The number of benzene rings is 7. The Morgan fingerprint density at radius 1 is 0.432 bits per heavy atom. The quantitative estimate of drug-likeness (QED) is 0.102. The van der Waals surface area contributed by atoms with Gasteiger partial charge in [0.2, 0.25) is 0 Å². The van der Waals surface area contributed by atoms with Gasteiger partial charge >= 0.3 is 0 Å². The van der Waals surface area contributed by atoms with Crippen LogP contribution in [0.15, 0.2) is 168 Å². The molecule has 3 aliphatic rings. The third kappa shape index (κ3) is 12.3. The third-order valence-electron chi connectivity index (χ3n) is 18.0. The Labute approximate surface area is 479 Å². The standard InChI is InChI=1S/C25H27NO2.C23H25NO3.C23H29NO2/c1-18(27)19-10-12-21(13-11-19)25(28,22-14-16-26(2)17-15-22)24-9-5-7-20-6-3-4-8-23(20)24;1-16(25)17-7-9-19(10-8-17)23(26,20-11-13-24(2)14-12-20)22-15-18-5-3-4-6-21(18)27-22;1-16-6-5-7-17(2)22(16)23(26,21-12-14-24(4)15-13-21)20-10-8-19(9-11-20)18(3)25/h3-13,22,28H,14-17H2,1-2H3;3-10,15,20,26H,11-14H2,1-2H3;5-11,21,26H,12-15H2,1-4H3. The van der Waals surface area contributed by atoms with Gasteiger partial charge in [0.05, 0.1) is 0 Å². The average molecular weight is 1090 g/mol. The van der Waals surface area contributed by atoms with Crippen molar-refractivity contribution in [2.24, 2.45) is 17.8 Å². The molecule has 3 N–H and O–H groups in total. The van der Waals surface area contributed by atoms with Crippen molar-refractivity contribution in [3.05, 3.63) is 225 Å². The van der Waals surface area contributed by atoms with Gasteiger partial charge in [-0.05, 0) is 207 Å². The SMILES string of the molecule is CC(=O)c1ccc(C(O)(c2c(C)cccc2C)C2CCN(C)CC2)cc1.CC(=O)c1ccc(C(O)(c2cc3ccccc3o2)C2CCN(C)CC2)cc1.CC(=O)c1ccc(C(O)(c2cccc3ccccc23)C2CCN(C)CC2)cc1. The van der Waals surface area contributed by atoms with E-state index in [1.165, 1.54) is 0 Å². The summed E-state index contributed by atoms with van der Waals surface area (Å²) in [6.07, 6.45) is 5.55. The number of hydrogen-bond donors (Lipinski definition) is 3. The molecule has 0 bridgehead atoms. The number of hydrogen-bond acceptors (Lipinski definition) is 10. The minimum absolute atomic E-state index is 0.0214. The Balaban J connectivity index is 0.000000147. The summed E-state index contributed by atoms with van der Waals surface area (Å²) >= 11 is 0. The molecule has 3 aliphatic heterocycles. The second-order valence-corrected chi connectivity index (χ2v) is 23.4. The fourth-order valence-corrected chi connectivity index (χ4v) is 13.1. The van der Waals surface area contributed by atoms with Crippen LogP contribution in [0.5, 0.6) is 0 Å². The molecule has 3 atom stereocenters. The van der Waals surface area contributed by atoms with Crippen LogP contribution in [0.2, 0.25) is 0 Å².